The third-order valence-corrected chi connectivity index (χ3v) is 5.82. The molecule has 1 atom stereocenters. The highest BCUT2D eigenvalue weighted by molar-refractivity contribution is 5.84. The zero-order valence-electron chi connectivity index (χ0n) is 19.2. The van der Waals surface area contributed by atoms with Crippen molar-refractivity contribution in [2.75, 3.05) is 6.54 Å². The van der Waals surface area contributed by atoms with Crippen LogP contribution in [-0.4, -0.2) is 24.2 Å². The maximum atomic E-state index is 13.3. The van der Waals surface area contributed by atoms with E-state index < -0.39 is 17.2 Å². The van der Waals surface area contributed by atoms with Gasteiger partial charge in [0.1, 0.15) is 11.6 Å². The van der Waals surface area contributed by atoms with E-state index in [0.29, 0.717) is 6.42 Å². The van der Waals surface area contributed by atoms with Gasteiger partial charge in [-0.3, -0.25) is 10.1 Å². The van der Waals surface area contributed by atoms with E-state index in [1.54, 1.807) is 0 Å². The van der Waals surface area contributed by atoms with Gasteiger partial charge in [-0.2, -0.15) is 0 Å². The summed E-state index contributed by atoms with van der Waals surface area (Å²) in [5, 5.41) is 7.36. The first-order chi connectivity index (χ1) is 15.9. The fourth-order valence-corrected chi connectivity index (χ4v) is 4.59. The number of azide groups is 1. The fraction of sp³-hybridized carbons (Fsp3) is 0.296. The minimum Gasteiger partial charge on any atom is -0.459 e. The number of rotatable bonds is 7. The van der Waals surface area contributed by atoms with Gasteiger partial charge in [0.25, 0.3) is 0 Å². The molecule has 0 fully saturated rings. The molecule has 0 saturated carbocycles. The van der Waals surface area contributed by atoms with Crippen molar-refractivity contribution in [1.29, 1.82) is 0 Å². The maximum Gasteiger partial charge on any atom is 0.323 e. The molecule has 1 aliphatic carbocycles. The van der Waals surface area contributed by atoms with Gasteiger partial charge >= 0.3 is 5.97 Å². The molecule has 6 heteroatoms. The second-order valence-electron chi connectivity index (χ2n) is 9.18. The zero-order chi connectivity index (χ0) is 23.5. The summed E-state index contributed by atoms with van der Waals surface area (Å²) in [6.07, 6.45) is 0.317. The molecule has 168 valence electrons. The standard InChI is InChI=1S/C27H28N4O2/c1-26(2,3)33-25(32)24(17-18-29-31-28)30-27(19-11-5-4-6-12-19)22-15-9-7-13-20(22)21-14-8-10-16-23(21)27/h4-16,24,30H,17-18H2,1-3H3/t24-/m0/s1. The van der Waals surface area contributed by atoms with Crippen LogP contribution in [0.1, 0.15) is 43.9 Å². The summed E-state index contributed by atoms with van der Waals surface area (Å²) in [5.74, 6) is -0.368. The average Bonchev–Trinajstić information content (AvgIpc) is 3.09. The third-order valence-electron chi connectivity index (χ3n) is 5.82. The average molecular weight is 441 g/mol. The Labute approximate surface area is 194 Å². The van der Waals surface area contributed by atoms with E-state index in [2.05, 4.69) is 51.7 Å². The van der Waals surface area contributed by atoms with Crippen LogP contribution < -0.4 is 5.32 Å². The lowest BCUT2D eigenvalue weighted by molar-refractivity contribution is -0.158. The van der Waals surface area contributed by atoms with Crippen LogP contribution in [0.3, 0.4) is 0 Å². The molecule has 3 aromatic rings. The summed E-state index contributed by atoms with van der Waals surface area (Å²) < 4.78 is 5.76. The SMILES string of the molecule is CC(C)(C)OC(=O)[C@H](CCN=[N+]=[N-])NC1(c2ccccc2)c2ccccc2-c2ccccc21. The zero-order valence-corrected chi connectivity index (χ0v) is 19.2. The topological polar surface area (TPSA) is 87.1 Å². The van der Waals surface area contributed by atoms with Crippen molar-refractivity contribution in [2.24, 2.45) is 5.11 Å². The molecule has 0 amide bonds. The third kappa shape index (κ3) is 4.36. The monoisotopic (exact) mass is 440 g/mol. The quantitative estimate of drug-likeness (QED) is 0.213. The molecule has 0 aliphatic heterocycles. The Kier molecular flexibility index (Phi) is 6.23. The summed E-state index contributed by atoms with van der Waals surface area (Å²) in [4.78, 5) is 16.2. The number of ether oxygens (including phenoxy) is 1. The van der Waals surface area contributed by atoms with Gasteiger partial charge in [-0.25, -0.2) is 0 Å². The molecule has 33 heavy (non-hydrogen) atoms. The number of hydrogen-bond donors (Lipinski definition) is 1. The first-order valence-electron chi connectivity index (χ1n) is 11.1. The van der Waals surface area contributed by atoms with E-state index in [-0.39, 0.29) is 12.5 Å². The maximum absolute atomic E-state index is 13.3. The van der Waals surface area contributed by atoms with Crippen molar-refractivity contribution in [2.45, 2.75) is 44.4 Å². The summed E-state index contributed by atoms with van der Waals surface area (Å²) in [6.45, 7) is 5.73. The molecule has 6 nitrogen and oxygen atoms in total. The van der Waals surface area contributed by atoms with E-state index in [1.807, 2.05) is 63.2 Å². The van der Waals surface area contributed by atoms with Gasteiger partial charge in [-0.15, -0.1) is 0 Å². The molecule has 3 aromatic carbocycles. The normalized spacial score (nSPS) is 14.5. The lowest BCUT2D eigenvalue weighted by Gasteiger charge is -2.37. The van der Waals surface area contributed by atoms with Gasteiger partial charge < -0.3 is 4.74 Å². The van der Waals surface area contributed by atoms with Crippen molar-refractivity contribution >= 4 is 5.97 Å². The van der Waals surface area contributed by atoms with E-state index >= 15 is 0 Å². The van der Waals surface area contributed by atoms with Crippen molar-refractivity contribution in [3.63, 3.8) is 0 Å². The smallest absolute Gasteiger partial charge is 0.323 e. The number of fused-ring (bicyclic) bond motifs is 3. The van der Waals surface area contributed by atoms with Crippen molar-refractivity contribution in [1.82, 2.24) is 5.32 Å². The minimum atomic E-state index is -0.758. The molecule has 0 saturated heterocycles. The lowest BCUT2D eigenvalue weighted by Crippen LogP contribution is -2.53. The summed E-state index contributed by atoms with van der Waals surface area (Å²) in [5.41, 5.74) is 12.8. The number of carbonyl (C=O) groups is 1. The van der Waals surface area contributed by atoms with E-state index in [4.69, 9.17) is 10.3 Å². The lowest BCUT2D eigenvalue weighted by atomic mass is 9.79. The summed E-state index contributed by atoms with van der Waals surface area (Å²) in [6, 6.07) is 26.0. The first kappa shape index (κ1) is 22.6. The molecular formula is C27H28N4O2. The Balaban J connectivity index is 1.90. The second kappa shape index (κ2) is 9.10. The Morgan fingerprint density at radius 1 is 0.970 bits per heavy atom. The molecule has 0 spiro atoms. The number of hydrogen-bond acceptors (Lipinski definition) is 4. The van der Waals surface area contributed by atoms with Crippen LogP contribution >= 0.6 is 0 Å². The first-order valence-corrected chi connectivity index (χ1v) is 11.1. The molecule has 0 aromatic heterocycles. The highest BCUT2D eigenvalue weighted by Gasteiger charge is 2.46. The summed E-state index contributed by atoms with van der Waals surface area (Å²) in [7, 11) is 0. The van der Waals surface area contributed by atoms with Crippen LogP contribution in [0.5, 0.6) is 0 Å². The van der Waals surface area contributed by atoms with Gasteiger partial charge in [0.2, 0.25) is 0 Å². The number of nitrogens with one attached hydrogen (secondary N) is 1. The van der Waals surface area contributed by atoms with E-state index in [0.717, 1.165) is 27.8 Å². The fourth-order valence-electron chi connectivity index (χ4n) is 4.59. The van der Waals surface area contributed by atoms with E-state index in [9.17, 15) is 4.79 Å². The molecule has 1 aliphatic rings. The number of nitrogens with zero attached hydrogens (tertiary/aromatic N) is 3. The Morgan fingerprint density at radius 2 is 1.52 bits per heavy atom. The van der Waals surface area contributed by atoms with Crippen LogP contribution in [0.15, 0.2) is 84.0 Å². The highest BCUT2D eigenvalue weighted by atomic mass is 16.6. The number of carbonyl (C=O) groups excluding carboxylic acids is 1. The molecule has 0 bridgehead atoms. The van der Waals surface area contributed by atoms with Gasteiger partial charge in [0.15, 0.2) is 0 Å². The van der Waals surface area contributed by atoms with Crippen molar-refractivity contribution < 1.29 is 9.53 Å². The van der Waals surface area contributed by atoms with Gasteiger partial charge in [0, 0.05) is 11.5 Å². The summed E-state index contributed by atoms with van der Waals surface area (Å²) >= 11 is 0. The largest absolute Gasteiger partial charge is 0.459 e. The van der Waals surface area contributed by atoms with Gasteiger partial charge in [-0.1, -0.05) is 84.0 Å². The van der Waals surface area contributed by atoms with Crippen LogP contribution in [0.25, 0.3) is 21.6 Å². The van der Waals surface area contributed by atoms with Crippen LogP contribution in [0, 0.1) is 0 Å². The van der Waals surface area contributed by atoms with E-state index in [1.165, 1.54) is 0 Å². The van der Waals surface area contributed by atoms with Gasteiger partial charge in [0.05, 0.1) is 5.54 Å². The van der Waals surface area contributed by atoms with Crippen LogP contribution in [0.2, 0.25) is 0 Å². The molecular weight excluding hydrogens is 412 g/mol. The molecule has 0 heterocycles. The predicted molar refractivity (Wildman–Crippen MR) is 130 cm³/mol. The predicted octanol–water partition coefficient (Wildman–Crippen LogP) is 5.96. The molecule has 0 radical (unpaired) electrons. The Bertz CT molecular complexity index is 1150. The number of benzene rings is 3. The van der Waals surface area contributed by atoms with Crippen molar-refractivity contribution in [3.05, 3.63) is 106 Å². The van der Waals surface area contributed by atoms with Crippen molar-refractivity contribution in [3.8, 4) is 11.1 Å². The van der Waals surface area contributed by atoms with Gasteiger partial charge in [-0.05, 0) is 60.5 Å². The van der Waals surface area contributed by atoms with Crippen LogP contribution in [0.4, 0.5) is 0 Å². The van der Waals surface area contributed by atoms with Crippen LogP contribution in [-0.2, 0) is 15.1 Å². The Hall–Kier alpha value is -3.60. The molecule has 0 unspecified atom stereocenters. The highest BCUT2D eigenvalue weighted by Crippen LogP contribution is 2.51. The number of esters is 1. The minimum absolute atomic E-state index is 0.182. The molecule has 4 rings (SSSR count). The second-order valence-corrected chi connectivity index (χ2v) is 9.18. The molecule has 1 N–H and O–H groups in total. The Morgan fingerprint density at radius 3 is 2.06 bits per heavy atom.